The molecule has 0 saturated carbocycles. The number of carbonyl (C=O) groups is 2. The maximum atomic E-state index is 11.4. The van der Waals surface area contributed by atoms with Gasteiger partial charge in [0.15, 0.2) is 0 Å². The third-order valence-electron chi connectivity index (χ3n) is 3.87. The van der Waals surface area contributed by atoms with E-state index in [-0.39, 0.29) is 25.4 Å². The number of ether oxygens (including phenoxy) is 6. The number of benzene rings is 1. The van der Waals surface area contributed by atoms with E-state index >= 15 is 0 Å². The Kier molecular flexibility index (Phi) is 17.1. The number of esters is 1. The molecule has 1 aromatic carbocycles. The van der Waals surface area contributed by atoms with Crippen LogP contribution in [0.4, 0.5) is 0 Å². The zero-order chi connectivity index (χ0) is 22.4. The Bertz CT molecular complexity index is 565. The average molecular weight is 443 g/mol. The Balaban J connectivity index is 1.72. The van der Waals surface area contributed by atoms with E-state index in [1.165, 1.54) is 0 Å². The Labute approximate surface area is 183 Å². The van der Waals surface area contributed by atoms with E-state index < -0.39 is 5.97 Å². The highest BCUT2D eigenvalue weighted by Gasteiger charge is 2.04. The standard InChI is InChI=1S/C22H34O9/c23-21(24)8-4-5-9-22(25)31-19-17-29-15-13-27-11-10-26-12-14-28-16-18-30-20-6-2-1-3-7-20/h1-3,6-7H,4-5,8-19H2,(H,23,24). The molecule has 0 fully saturated rings. The summed E-state index contributed by atoms with van der Waals surface area (Å²) >= 11 is 0. The smallest absolute Gasteiger partial charge is 0.305 e. The molecule has 0 radical (unpaired) electrons. The van der Waals surface area contributed by atoms with Gasteiger partial charge in [0.1, 0.15) is 19.0 Å². The molecule has 0 saturated heterocycles. The highest BCUT2D eigenvalue weighted by molar-refractivity contribution is 5.69. The Morgan fingerprint density at radius 1 is 0.645 bits per heavy atom. The minimum absolute atomic E-state index is 0.0693. The molecular formula is C22H34O9. The van der Waals surface area contributed by atoms with Gasteiger partial charge in [0, 0.05) is 12.8 Å². The van der Waals surface area contributed by atoms with Gasteiger partial charge in [0.25, 0.3) is 0 Å². The van der Waals surface area contributed by atoms with Gasteiger partial charge in [-0.05, 0) is 25.0 Å². The molecule has 0 aliphatic heterocycles. The maximum absolute atomic E-state index is 11.4. The first kappa shape index (κ1) is 26.8. The normalized spacial score (nSPS) is 10.7. The van der Waals surface area contributed by atoms with Crippen LogP contribution >= 0.6 is 0 Å². The van der Waals surface area contributed by atoms with Crippen molar-refractivity contribution in [2.75, 3.05) is 66.1 Å². The van der Waals surface area contributed by atoms with Crippen molar-refractivity contribution in [3.8, 4) is 5.75 Å². The van der Waals surface area contributed by atoms with Crippen LogP contribution in [0.25, 0.3) is 0 Å². The molecule has 1 aromatic rings. The molecule has 0 amide bonds. The molecule has 9 heteroatoms. The average Bonchev–Trinajstić information content (AvgIpc) is 2.77. The SMILES string of the molecule is O=C(O)CCCCC(=O)OCCOCCOCCOCCOCCOc1ccccc1. The number of carbonyl (C=O) groups excluding carboxylic acids is 1. The summed E-state index contributed by atoms with van der Waals surface area (Å²) in [4.78, 5) is 21.8. The van der Waals surface area contributed by atoms with Crippen molar-refractivity contribution in [1.82, 2.24) is 0 Å². The van der Waals surface area contributed by atoms with Crippen LogP contribution in [-0.4, -0.2) is 83.1 Å². The van der Waals surface area contributed by atoms with Gasteiger partial charge in [-0.25, -0.2) is 0 Å². The zero-order valence-corrected chi connectivity index (χ0v) is 18.0. The van der Waals surface area contributed by atoms with Crippen molar-refractivity contribution in [1.29, 1.82) is 0 Å². The van der Waals surface area contributed by atoms with Gasteiger partial charge in [-0.3, -0.25) is 9.59 Å². The molecular weight excluding hydrogens is 408 g/mol. The van der Waals surface area contributed by atoms with Gasteiger partial charge < -0.3 is 33.5 Å². The number of aliphatic carboxylic acids is 1. The van der Waals surface area contributed by atoms with Crippen LogP contribution in [0.5, 0.6) is 5.75 Å². The predicted octanol–water partition coefficient (Wildman–Crippen LogP) is 2.32. The minimum Gasteiger partial charge on any atom is -0.491 e. The Morgan fingerprint density at radius 3 is 1.68 bits per heavy atom. The predicted molar refractivity (Wildman–Crippen MR) is 112 cm³/mol. The fourth-order valence-corrected chi connectivity index (χ4v) is 2.33. The molecule has 0 aromatic heterocycles. The third kappa shape index (κ3) is 18.3. The molecule has 0 aliphatic carbocycles. The fraction of sp³-hybridized carbons (Fsp3) is 0.636. The van der Waals surface area contributed by atoms with Crippen LogP contribution in [0, 0.1) is 0 Å². The van der Waals surface area contributed by atoms with Gasteiger partial charge >= 0.3 is 11.9 Å². The molecule has 0 heterocycles. The van der Waals surface area contributed by atoms with Crippen molar-refractivity contribution in [2.24, 2.45) is 0 Å². The Hall–Kier alpha value is -2.20. The summed E-state index contributed by atoms with van der Waals surface area (Å²) in [5, 5.41) is 8.50. The van der Waals surface area contributed by atoms with Crippen molar-refractivity contribution in [2.45, 2.75) is 25.7 Å². The second kappa shape index (κ2) is 19.7. The molecule has 0 atom stereocenters. The van der Waals surface area contributed by atoms with Crippen molar-refractivity contribution < 1.29 is 43.1 Å². The van der Waals surface area contributed by atoms with Crippen LogP contribution < -0.4 is 4.74 Å². The monoisotopic (exact) mass is 442 g/mol. The highest BCUT2D eigenvalue weighted by atomic mass is 16.6. The van der Waals surface area contributed by atoms with Crippen molar-refractivity contribution >= 4 is 11.9 Å². The van der Waals surface area contributed by atoms with Crippen LogP contribution in [0.15, 0.2) is 30.3 Å². The molecule has 1 rings (SSSR count). The van der Waals surface area contributed by atoms with Gasteiger partial charge in [-0.15, -0.1) is 0 Å². The molecule has 0 spiro atoms. The summed E-state index contributed by atoms with van der Waals surface area (Å²) < 4.78 is 32.0. The van der Waals surface area contributed by atoms with Gasteiger partial charge in [-0.2, -0.15) is 0 Å². The number of hydrogen-bond donors (Lipinski definition) is 1. The zero-order valence-electron chi connectivity index (χ0n) is 18.0. The molecule has 1 N–H and O–H groups in total. The second-order valence-electron chi connectivity index (χ2n) is 6.43. The quantitative estimate of drug-likeness (QED) is 0.226. The number of para-hydroxylation sites is 1. The second-order valence-corrected chi connectivity index (χ2v) is 6.43. The summed E-state index contributed by atoms with van der Waals surface area (Å²) in [6.45, 7) is 4.25. The third-order valence-corrected chi connectivity index (χ3v) is 3.87. The lowest BCUT2D eigenvalue weighted by atomic mass is 10.2. The van der Waals surface area contributed by atoms with Crippen LogP contribution in [0.3, 0.4) is 0 Å². The van der Waals surface area contributed by atoms with Gasteiger partial charge in [0.05, 0.1) is 52.9 Å². The lowest BCUT2D eigenvalue weighted by Gasteiger charge is -2.08. The maximum Gasteiger partial charge on any atom is 0.305 e. The molecule has 31 heavy (non-hydrogen) atoms. The number of hydrogen-bond acceptors (Lipinski definition) is 8. The van der Waals surface area contributed by atoms with Crippen LogP contribution in [-0.2, 0) is 33.3 Å². The summed E-state index contributed by atoms with van der Waals surface area (Å²) in [6.07, 6.45) is 1.28. The first-order valence-electron chi connectivity index (χ1n) is 10.5. The Morgan fingerprint density at radius 2 is 1.13 bits per heavy atom. The minimum atomic E-state index is -0.856. The number of unbranched alkanes of at least 4 members (excludes halogenated alkanes) is 1. The first-order valence-corrected chi connectivity index (χ1v) is 10.5. The van der Waals surface area contributed by atoms with Crippen molar-refractivity contribution in [3.05, 3.63) is 30.3 Å². The summed E-state index contributed by atoms with van der Waals surface area (Å²) in [5.74, 6) is -0.366. The van der Waals surface area contributed by atoms with E-state index in [4.69, 9.17) is 33.5 Å². The lowest BCUT2D eigenvalue weighted by Crippen LogP contribution is -2.15. The van der Waals surface area contributed by atoms with Gasteiger partial charge in [-0.1, -0.05) is 18.2 Å². The van der Waals surface area contributed by atoms with Crippen LogP contribution in [0.2, 0.25) is 0 Å². The molecule has 0 bridgehead atoms. The van der Waals surface area contributed by atoms with E-state index in [0.29, 0.717) is 72.3 Å². The van der Waals surface area contributed by atoms with E-state index in [2.05, 4.69) is 0 Å². The van der Waals surface area contributed by atoms with E-state index in [1.54, 1.807) is 0 Å². The number of carboxylic acids is 1. The number of carboxylic acid groups (broad SMARTS) is 1. The van der Waals surface area contributed by atoms with E-state index in [1.807, 2.05) is 30.3 Å². The first-order chi connectivity index (χ1) is 15.2. The molecule has 0 unspecified atom stereocenters. The number of rotatable bonds is 21. The van der Waals surface area contributed by atoms with E-state index in [9.17, 15) is 9.59 Å². The van der Waals surface area contributed by atoms with Gasteiger partial charge in [0.2, 0.25) is 0 Å². The van der Waals surface area contributed by atoms with Crippen LogP contribution in [0.1, 0.15) is 25.7 Å². The summed E-state index contributed by atoms with van der Waals surface area (Å²) in [6, 6.07) is 9.59. The highest BCUT2D eigenvalue weighted by Crippen LogP contribution is 2.07. The van der Waals surface area contributed by atoms with Crippen molar-refractivity contribution in [3.63, 3.8) is 0 Å². The van der Waals surface area contributed by atoms with E-state index in [0.717, 1.165) is 5.75 Å². The molecule has 0 aliphatic rings. The fourth-order valence-electron chi connectivity index (χ4n) is 2.33. The topological polar surface area (TPSA) is 110 Å². The largest absolute Gasteiger partial charge is 0.491 e. The molecule has 9 nitrogen and oxygen atoms in total. The summed E-state index contributed by atoms with van der Waals surface area (Å²) in [5.41, 5.74) is 0. The lowest BCUT2D eigenvalue weighted by molar-refractivity contribution is -0.146. The molecule has 176 valence electrons. The summed E-state index contributed by atoms with van der Waals surface area (Å²) in [7, 11) is 0.